The van der Waals surface area contributed by atoms with Crippen LogP contribution in [0.2, 0.25) is 0 Å². The first-order valence-corrected chi connectivity index (χ1v) is 4.68. The van der Waals surface area contributed by atoms with Crippen molar-refractivity contribution >= 4 is 5.69 Å². The third-order valence-electron chi connectivity index (χ3n) is 2.28. The van der Waals surface area contributed by atoms with Gasteiger partial charge >= 0.3 is 0 Å². The first kappa shape index (κ1) is 10.1. The van der Waals surface area contributed by atoms with Crippen LogP contribution in [0.15, 0.2) is 24.3 Å². The number of hydrogen-bond acceptors (Lipinski definition) is 2. The first-order chi connectivity index (χ1) is 6.15. The lowest BCUT2D eigenvalue weighted by Crippen LogP contribution is -2.16. The molecule has 2 heteroatoms. The normalized spacial score (nSPS) is 13.0. The van der Waals surface area contributed by atoms with Crippen LogP contribution in [-0.4, -0.2) is 7.05 Å². The third kappa shape index (κ3) is 2.46. The minimum absolute atomic E-state index is 0.133. The molecular formula is C11H18N2. The lowest BCUT2D eigenvalue weighted by atomic mass is 9.97. The van der Waals surface area contributed by atoms with Crippen molar-refractivity contribution in [1.29, 1.82) is 0 Å². The van der Waals surface area contributed by atoms with Gasteiger partial charge in [-0.3, -0.25) is 0 Å². The summed E-state index contributed by atoms with van der Waals surface area (Å²) >= 11 is 0. The van der Waals surface area contributed by atoms with Crippen molar-refractivity contribution in [2.75, 3.05) is 12.4 Å². The van der Waals surface area contributed by atoms with E-state index in [2.05, 4.69) is 31.3 Å². The maximum Gasteiger partial charge on any atom is 0.0340 e. The molecule has 0 aliphatic rings. The van der Waals surface area contributed by atoms with Gasteiger partial charge in [0, 0.05) is 18.8 Å². The van der Waals surface area contributed by atoms with Crippen molar-refractivity contribution in [3.05, 3.63) is 29.8 Å². The van der Waals surface area contributed by atoms with Crippen LogP contribution in [0.3, 0.4) is 0 Å². The quantitative estimate of drug-likeness (QED) is 0.745. The van der Waals surface area contributed by atoms with Gasteiger partial charge in [-0.2, -0.15) is 0 Å². The van der Waals surface area contributed by atoms with E-state index >= 15 is 0 Å². The fraction of sp³-hybridized carbons (Fsp3) is 0.455. The average Bonchev–Trinajstić information content (AvgIpc) is 2.16. The highest BCUT2D eigenvalue weighted by Crippen LogP contribution is 2.21. The Kier molecular flexibility index (Phi) is 3.32. The highest BCUT2D eigenvalue weighted by molar-refractivity contribution is 5.45. The molecule has 0 bridgehead atoms. The van der Waals surface area contributed by atoms with Crippen molar-refractivity contribution < 1.29 is 0 Å². The van der Waals surface area contributed by atoms with Gasteiger partial charge in [0.15, 0.2) is 0 Å². The van der Waals surface area contributed by atoms with E-state index in [1.54, 1.807) is 0 Å². The molecule has 1 aromatic rings. The summed E-state index contributed by atoms with van der Waals surface area (Å²) in [6.07, 6.45) is 0. The molecule has 72 valence electrons. The standard InChI is InChI=1S/C11H18N2/c1-8(2)11(12)9-5-4-6-10(7-9)13-3/h4-8,11,13H,12H2,1-3H3. The Bertz CT molecular complexity index is 269. The molecule has 1 unspecified atom stereocenters. The number of rotatable bonds is 3. The number of nitrogens with one attached hydrogen (secondary N) is 1. The Morgan fingerprint density at radius 2 is 2.00 bits per heavy atom. The predicted octanol–water partition coefficient (Wildman–Crippen LogP) is 2.38. The molecule has 1 rings (SSSR count). The van der Waals surface area contributed by atoms with E-state index in [4.69, 9.17) is 5.73 Å². The van der Waals surface area contributed by atoms with Crippen LogP contribution in [-0.2, 0) is 0 Å². The molecule has 0 aliphatic carbocycles. The molecule has 0 aromatic heterocycles. The van der Waals surface area contributed by atoms with E-state index in [9.17, 15) is 0 Å². The fourth-order valence-electron chi connectivity index (χ4n) is 1.29. The van der Waals surface area contributed by atoms with Gasteiger partial charge in [-0.1, -0.05) is 26.0 Å². The topological polar surface area (TPSA) is 38.0 Å². The van der Waals surface area contributed by atoms with E-state index < -0.39 is 0 Å². The largest absolute Gasteiger partial charge is 0.388 e. The highest BCUT2D eigenvalue weighted by Gasteiger charge is 2.09. The summed E-state index contributed by atoms with van der Waals surface area (Å²) < 4.78 is 0. The molecule has 0 saturated carbocycles. The molecule has 0 radical (unpaired) electrons. The molecule has 0 saturated heterocycles. The molecule has 1 aromatic carbocycles. The second-order valence-electron chi connectivity index (χ2n) is 3.65. The Balaban J connectivity index is 2.88. The van der Waals surface area contributed by atoms with E-state index in [0.717, 1.165) is 5.69 Å². The summed E-state index contributed by atoms with van der Waals surface area (Å²) in [7, 11) is 1.92. The van der Waals surface area contributed by atoms with Crippen molar-refractivity contribution in [3.63, 3.8) is 0 Å². The average molecular weight is 178 g/mol. The van der Waals surface area contributed by atoms with Gasteiger partial charge in [-0.15, -0.1) is 0 Å². The zero-order chi connectivity index (χ0) is 9.84. The minimum Gasteiger partial charge on any atom is -0.388 e. The highest BCUT2D eigenvalue weighted by atomic mass is 14.8. The van der Waals surface area contributed by atoms with Crippen molar-refractivity contribution in [1.82, 2.24) is 0 Å². The Morgan fingerprint density at radius 3 is 2.54 bits per heavy atom. The first-order valence-electron chi connectivity index (χ1n) is 4.68. The third-order valence-corrected chi connectivity index (χ3v) is 2.28. The van der Waals surface area contributed by atoms with Crippen molar-refractivity contribution in [2.45, 2.75) is 19.9 Å². The van der Waals surface area contributed by atoms with Gasteiger partial charge in [0.2, 0.25) is 0 Å². The minimum atomic E-state index is 0.133. The smallest absolute Gasteiger partial charge is 0.0340 e. The molecule has 0 fully saturated rings. The van der Waals surface area contributed by atoms with Crippen molar-refractivity contribution in [3.8, 4) is 0 Å². The molecular weight excluding hydrogens is 160 g/mol. The number of nitrogens with two attached hydrogens (primary N) is 1. The van der Waals surface area contributed by atoms with Gasteiger partial charge in [0.25, 0.3) is 0 Å². The lowest BCUT2D eigenvalue weighted by molar-refractivity contribution is 0.514. The molecule has 2 nitrogen and oxygen atoms in total. The molecule has 0 aliphatic heterocycles. The number of benzene rings is 1. The van der Waals surface area contributed by atoms with Crippen LogP contribution in [0.5, 0.6) is 0 Å². The second kappa shape index (κ2) is 4.28. The molecule has 0 heterocycles. The zero-order valence-electron chi connectivity index (χ0n) is 8.54. The SMILES string of the molecule is CNc1cccc(C(N)C(C)C)c1. The second-order valence-corrected chi connectivity index (χ2v) is 3.65. The van der Waals surface area contributed by atoms with Gasteiger partial charge in [0.1, 0.15) is 0 Å². The van der Waals surface area contributed by atoms with Crippen LogP contribution < -0.4 is 11.1 Å². The fourth-order valence-corrected chi connectivity index (χ4v) is 1.29. The Hall–Kier alpha value is -1.02. The van der Waals surface area contributed by atoms with Crippen LogP contribution in [0, 0.1) is 5.92 Å². The van der Waals surface area contributed by atoms with Crippen LogP contribution >= 0.6 is 0 Å². The molecule has 13 heavy (non-hydrogen) atoms. The Morgan fingerprint density at radius 1 is 1.31 bits per heavy atom. The monoisotopic (exact) mass is 178 g/mol. The van der Waals surface area contributed by atoms with Gasteiger partial charge in [0.05, 0.1) is 0 Å². The van der Waals surface area contributed by atoms with Crippen LogP contribution in [0.4, 0.5) is 5.69 Å². The summed E-state index contributed by atoms with van der Waals surface area (Å²) in [5.74, 6) is 0.479. The van der Waals surface area contributed by atoms with Crippen molar-refractivity contribution in [2.24, 2.45) is 11.7 Å². The predicted molar refractivity (Wildman–Crippen MR) is 57.8 cm³/mol. The maximum absolute atomic E-state index is 6.03. The van der Waals surface area contributed by atoms with Crippen LogP contribution in [0.1, 0.15) is 25.5 Å². The lowest BCUT2D eigenvalue weighted by Gasteiger charge is -2.16. The number of anilines is 1. The van der Waals surface area contributed by atoms with Gasteiger partial charge < -0.3 is 11.1 Å². The summed E-state index contributed by atoms with van der Waals surface area (Å²) in [6, 6.07) is 8.38. The van der Waals surface area contributed by atoms with E-state index in [0.29, 0.717) is 5.92 Å². The van der Waals surface area contributed by atoms with Gasteiger partial charge in [-0.05, 0) is 23.6 Å². The molecule has 1 atom stereocenters. The van der Waals surface area contributed by atoms with E-state index in [1.165, 1.54) is 5.56 Å². The zero-order valence-corrected chi connectivity index (χ0v) is 8.54. The molecule has 3 N–H and O–H groups in total. The van der Waals surface area contributed by atoms with Crippen LogP contribution in [0.25, 0.3) is 0 Å². The van der Waals surface area contributed by atoms with E-state index in [1.807, 2.05) is 19.2 Å². The van der Waals surface area contributed by atoms with E-state index in [-0.39, 0.29) is 6.04 Å². The number of hydrogen-bond donors (Lipinski definition) is 2. The molecule has 0 spiro atoms. The summed E-state index contributed by atoms with van der Waals surface area (Å²) in [4.78, 5) is 0. The molecule has 0 amide bonds. The van der Waals surface area contributed by atoms with Gasteiger partial charge in [-0.25, -0.2) is 0 Å². The summed E-state index contributed by atoms with van der Waals surface area (Å²) in [5, 5.41) is 3.11. The summed E-state index contributed by atoms with van der Waals surface area (Å²) in [6.45, 7) is 4.27. The Labute approximate surface area is 80.1 Å². The maximum atomic E-state index is 6.03. The summed E-state index contributed by atoms with van der Waals surface area (Å²) in [5.41, 5.74) is 8.35.